The highest BCUT2D eigenvalue weighted by molar-refractivity contribution is 8.00. The molecule has 0 fully saturated rings. The van der Waals surface area contributed by atoms with E-state index in [1.165, 1.54) is 23.5 Å². The molecular weight excluding hydrogens is 335 g/mol. The second-order valence-corrected chi connectivity index (χ2v) is 6.17. The van der Waals surface area contributed by atoms with Gasteiger partial charge in [0.1, 0.15) is 0 Å². The summed E-state index contributed by atoms with van der Waals surface area (Å²) in [6.45, 7) is 0. The van der Waals surface area contributed by atoms with Crippen molar-refractivity contribution in [2.45, 2.75) is 11.1 Å². The van der Waals surface area contributed by atoms with E-state index in [4.69, 9.17) is 0 Å². The second-order valence-electron chi connectivity index (χ2n) is 4.17. The Morgan fingerprint density at radius 3 is 2.59 bits per heavy atom. The average Bonchev–Trinajstić information content (AvgIpc) is 2.99. The van der Waals surface area contributed by atoms with E-state index in [1.54, 1.807) is 17.5 Å². The first kappa shape index (κ1) is 16.6. The molecule has 1 aromatic heterocycles. The topological polar surface area (TPSA) is 46.2 Å². The number of alkyl halides is 3. The van der Waals surface area contributed by atoms with Gasteiger partial charge >= 0.3 is 6.18 Å². The first-order chi connectivity index (χ1) is 10.4. The lowest BCUT2D eigenvalue weighted by Gasteiger charge is -2.08. The van der Waals surface area contributed by atoms with E-state index in [1.807, 2.05) is 0 Å². The van der Waals surface area contributed by atoms with E-state index >= 15 is 0 Å². The summed E-state index contributed by atoms with van der Waals surface area (Å²) in [7, 11) is 0. The molecule has 0 atom stereocenters. The number of carbonyl (C=O) groups is 2. The van der Waals surface area contributed by atoms with Crippen LogP contribution in [0.25, 0.3) is 0 Å². The van der Waals surface area contributed by atoms with Gasteiger partial charge in [0, 0.05) is 4.90 Å². The Labute approximate surface area is 132 Å². The fraction of sp³-hybridized carbons (Fsp3) is 0.143. The summed E-state index contributed by atoms with van der Waals surface area (Å²) >= 11 is 2.13. The predicted octanol–water partition coefficient (Wildman–Crippen LogP) is 3.82. The van der Waals surface area contributed by atoms with Crippen molar-refractivity contribution in [1.29, 1.82) is 0 Å². The maximum Gasteiger partial charge on any atom is 0.416 e. The normalized spacial score (nSPS) is 11.2. The van der Waals surface area contributed by atoms with Crippen molar-refractivity contribution >= 4 is 34.9 Å². The van der Waals surface area contributed by atoms with E-state index in [9.17, 15) is 22.8 Å². The van der Waals surface area contributed by atoms with Crippen LogP contribution in [0.2, 0.25) is 0 Å². The van der Waals surface area contributed by atoms with Gasteiger partial charge in [0.25, 0.3) is 5.91 Å². The Kier molecular flexibility index (Phi) is 5.25. The summed E-state index contributed by atoms with van der Waals surface area (Å²) in [5.74, 6) is -1.20. The van der Waals surface area contributed by atoms with Crippen LogP contribution in [0.5, 0.6) is 0 Å². The van der Waals surface area contributed by atoms with Crippen LogP contribution in [0.3, 0.4) is 0 Å². The zero-order valence-corrected chi connectivity index (χ0v) is 12.6. The average molecular weight is 345 g/mol. The number of nitrogens with one attached hydrogen (secondary N) is 1. The number of thioether (sulfide) groups is 1. The third kappa shape index (κ3) is 4.60. The molecule has 3 nitrogen and oxygen atoms in total. The third-order valence-electron chi connectivity index (χ3n) is 2.53. The monoisotopic (exact) mass is 345 g/mol. The van der Waals surface area contributed by atoms with Gasteiger partial charge in [-0.3, -0.25) is 14.9 Å². The molecule has 0 bridgehead atoms. The second kappa shape index (κ2) is 6.97. The highest BCUT2D eigenvalue weighted by Gasteiger charge is 2.30. The maximum atomic E-state index is 12.6. The highest BCUT2D eigenvalue weighted by atomic mass is 32.2. The van der Waals surface area contributed by atoms with E-state index in [2.05, 4.69) is 5.32 Å². The lowest BCUT2D eigenvalue weighted by atomic mass is 10.2. The number of benzene rings is 1. The van der Waals surface area contributed by atoms with Crippen molar-refractivity contribution in [2.75, 3.05) is 5.75 Å². The molecule has 1 N–H and O–H groups in total. The molecule has 1 heterocycles. The predicted molar refractivity (Wildman–Crippen MR) is 79.0 cm³/mol. The van der Waals surface area contributed by atoms with Gasteiger partial charge in [-0.25, -0.2) is 0 Å². The summed E-state index contributed by atoms with van der Waals surface area (Å²) in [6, 6.07) is 7.95. The molecular formula is C14H10F3NO2S2. The fourth-order valence-electron chi connectivity index (χ4n) is 1.54. The molecule has 2 aromatic rings. The molecule has 8 heteroatoms. The molecule has 0 saturated heterocycles. The Balaban J connectivity index is 1.90. The van der Waals surface area contributed by atoms with Crippen LogP contribution >= 0.6 is 23.1 Å². The Hall–Kier alpha value is -1.80. The highest BCUT2D eigenvalue weighted by Crippen LogP contribution is 2.31. The van der Waals surface area contributed by atoms with E-state index < -0.39 is 23.6 Å². The maximum absolute atomic E-state index is 12.6. The largest absolute Gasteiger partial charge is 0.416 e. The molecule has 0 aliphatic heterocycles. The standard InChI is InChI=1S/C14H10F3NO2S2/c15-14(16,17)9-3-1-4-10(7-9)22-8-12(19)18-13(20)11-5-2-6-21-11/h1-7H,8H2,(H,18,19,20). The van der Waals surface area contributed by atoms with Gasteiger partial charge in [-0.2, -0.15) is 13.2 Å². The summed E-state index contributed by atoms with van der Waals surface area (Å²) in [4.78, 5) is 24.0. The zero-order chi connectivity index (χ0) is 16.2. The lowest BCUT2D eigenvalue weighted by Crippen LogP contribution is -2.31. The van der Waals surface area contributed by atoms with Gasteiger partial charge in [0.2, 0.25) is 5.91 Å². The van der Waals surface area contributed by atoms with Gasteiger partial charge in [-0.1, -0.05) is 12.1 Å². The van der Waals surface area contributed by atoms with Crippen molar-refractivity contribution in [3.63, 3.8) is 0 Å². The van der Waals surface area contributed by atoms with Gasteiger partial charge in [-0.05, 0) is 29.6 Å². The minimum Gasteiger partial charge on any atom is -0.291 e. The van der Waals surface area contributed by atoms with Crippen LogP contribution in [0.4, 0.5) is 13.2 Å². The molecule has 0 unspecified atom stereocenters. The van der Waals surface area contributed by atoms with Crippen molar-refractivity contribution in [3.05, 3.63) is 52.2 Å². The number of amides is 2. The Morgan fingerprint density at radius 2 is 1.95 bits per heavy atom. The number of imide groups is 1. The fourth-order valence-corrected chi connectivity index (χ4v) is 2.92. The molecule has 0 aliphatic carbocycles. The van der Waals surface area contributed by atoms with Gasteiger partial charge in [-0.15, -0.1) is 23.1 Å². The number of hydrogen-bond acceptors (Lipinski definition) is 4. The van der Waals surface area contributed by atoms with Crippen molar-refractivity contribution in [2.24, 2.45) is 0 Å². The number of hydrogen-bond donors (Lipinski definition) is 1. The Bertz CT molecular complexity index is 669. The zero-order valence-electron chi connectivity index (χ0n) is 11.0. The smallest absolute Gasteiger partial charge is 0.291 e. The van der Waals surface area contributed by atoms with Gasteiger partial charge in [0.05, 0.1) is 16.2 Å². The molecule has 1 aromatic carbocycles. The van der Waals surface area contributed by atoms with Crippen molar-refractivity contribution < 1.29 is 22.8 Å². The summed E-state index contributed by atoms with van der Waals surface area (Å²) in [6.07, 6.45) is -4.42. The number of thiophene rings is 1. The molecule has 2 rings (SSSR count). The van der Waals surface area contributed by atoms with Crippen molar-refractivity contribution in [3.8, 4) is 0 Å². The van der Waals surface area contributed by atoms with Crippen LogP contribution < -0.4 is 5.32 Å². The van der Waals surface area contributed by atoms with E-state index in [0.717, 1.165) is 23.9 Å². The SMILES string of the molecule is O=C(CSc1cccc(C(F)(F)F)c1)NC(=O)c1cccs1. The molecule has 0 aliphatic rings. The summed E-state index contributed by atoms with van der Waals surface area (Å²) in [5.41, 5.74) is -0.771. The molecule has 0 saturated carbocycles. The van der Waals surface area contributed by atoms with Crippen LogP contribution in [-0.2, 0) is 11.0 Å². The molecule has 0 radical (unpaired) electrons. The van der Waals surface area contributed by atoms with Crippen LogP contribution in [-0.4, -0.2) is 17.6 Å². The summed E-state index contributed by atoms with van der Waals surface area (Å²) < 4.78 is 37.7. The third-order valence-corrected chi connectivity index (χ3v) is 4.39. The quantitative estimate of drug-likeness (QED) is 0.857. The van der Waals surface area contributed by atoms with E-state index in [0.29, 0.717) is 9.77 Å². The minimum atomic E-state index is -4.42. The van der Waals surface area contributed by atoms with E-state index in [-0.39, 0.29) is 5.75 Å². The van der Waals surface area contributed by atoms with Gasteiger partial charge < -0.3 is 0 Å². The molecule has 0 spiro atoms. The van der Waals surface area contributed by atoms with Crippen LogP contribution in [0, 0.1) is 0 Å². The lowest BCUT2D eigenvalue weighted by molar-refractivity contribution is -0.137. The minimum absolute atomic E-state index is 0.140. The van der Waals surface area contributed by atoms with Crippen LogP contribution in [0.1, 0.15) is 15.2 Å². The molecule has 2 amide bonds. The number of rotatable bonds is 4. The number of halogens is 3. The first-order valence-corrected chi connectivity index (χ1v) is 7.90. The first-order valence-electron chi connectivity index (χ1n) is 6.04. The summed E-state index contributed by atoms with van der Waals surface area (Å²) in [5, 5.41) is 3.89. The Morgan fingerprint density at radius 1 is 1.18 bits per heavy atom. The van der Waals surface area contributed by atoms with Crippen molar-refractivity contribution in [1.82, 2.24) is 5.32 Å². The van der Waals surface area contributed by atoms with Gasteiger partial charge in [0.15, 0.2) is 0 Å². The number of carbonyl (C=O) groups excluding carboxylic acids is 2. The molecule has 116 valence electrons. The van der Waals surface area contributed by atoms with Crippen LogP contribution in [0.15, 0.2) is 46.7 Å². The molecule has 22 heavy (non-hydrogen) atoms.